The van der Waals surface area contributed by atoms with E-state index in [0.717, 1.165) is 12.8 Å². The Morgan fingerprint density at radius 2 is 2.05 bits per heavy atom. The van der Waals surface area contributed by atoms with Crippen LogP contribution in [0.15, 0.2) is 18.2 Å². The topological polar surface area (TPSA) is 119 Å². The minimum atomic E-state index is -0.722. The van der Waals surface area contributed by atoms with E-state index >= 15 is 0 Å². The third kappa shape index (κ3) is 6.09. The van der Waals surface area contributed by atoms with E-state index in [0.29, 0.717) is 23.5 Å². The van der Waals surface area contributed by atoms with Crippen molar-refractivity contribution in [2.24, 2.45) is 5.73 Å². The molecule has 124 valence electrons. The first kappa shape index (κ1) is 19.9. The zero-order valence-electron chi connectivity index (χ0n) is 12.7. The van der Waals surface area contributed by atoms with Crippen LogP contribution in [0.2, 0.25) is 0 Å². The molecular formula is C14H23ClN4O3. The number of carbonyl (C=O) groups excluding carboxylic acids is 2. The predicted octanol–water partition coefficient (Wildman–Crippen LogP) is 1.86. The number of benzene rings is 1. The van der Waals surface area contributed by atoms with E-state index in [1.165, 1.54) is 7.11 Å². The van der Waals surface area contributed by atoms with Gasteiger partial charge in [0, 0.05) is 5.69 Å². The Morgan fingerprint density at radius 3 is 2.55 bits per heavy atom. The summed E-state index contributed by atoms with van der Waals surface area (Å²) in [5.74, 6) is 0.206. The molecule has 1 rings (SSSR count). The summed E-state index contributed by atoms with van der Waals surface area (Å²) in [4.78, 5) is 23.1. The number of halogens is 1. The highest BCUT2D eigenvalue weighted by Crippen LogP contribution is 2.24. The predicted molar refractivity (Wildman–Crippen MR) is 89.3 cm³/mol. The van der Waals surface area contributed by atoms with Gasteiger partial charge in [-0.3, -0.25) is 4.79 Å². The SMILES string of the molecule is CCCCC(NC(N)=O)C(=O)Nc1ccc(OC)c(N)c1.Cl. The van der Waals surface area contributed by atoms with Crippen LogP contribution in [0.1, 0.15) is 26.2 Å². The normalized spacial score (nSPS) is 11.0. The number of nitrogens with one attached hydrogen (secondary N) is 2. The Kier molecular flexibility index (Phi) is 8.78. The molecule has 1 aromatic carbocycles. The number of nitrogen functional groups attached to an aromatic ring is 1. The van der Waals surface area contributed by atoms with Gasteiger partial charge in [0.2, 0.25) is 5.91 Å². The Bertz CT molecular complexity index is 511. The van der Waals surface area contributed by atoms with Crippen LogP contribution in [0.5, 0.6) is 5.75 Å². The van der Waals surface area contributed by atoms with Crippen molar-refractivity contribution in [3.05, 3.63) is 18.2 Å². The fraction of sp³-hybridized carbons (Fsp3) is 0.429. The highest BCUT2D eigenvalue weighted by atomic mass is 35.5. The minimum absolute atomic E-state index is 0. The molecule has 0 aromatic heterocycles. The van der Waals surface area contributed by atoms with Crippen molar-refractivity contribution in [3.63, 3.8) is 0 Å². The molecule has 0 saturated heterocycles. The number of ether oxygens (including phenoxy) is 1. The monoisotopic (exact) mass is 330 g/mol. The van der Waals surface area contributed by atoms with Gasteiger partial charge in [-0.2, -0.15) is 0 Å². The molecule has 0 radical (unpaired) electrons. The molecule has 0 saturated carbocycles. The summed E-state index contributed by atoms with van der Waals surface area (Å²) in [5.41, 5.74) is 11.8. The highest BCUT2D eigenvalue weighted by molar-refractivity contribution is 5.97. The number of methoxy groups -OCH3 is 1. The van der Waals surface area contributed by atoms with Crippen molar-refractivity contribution in [2.75, 3.05) is 18.2 Å². The second-order valence-corrected chi connectivity index (χ2v) is 4.65. The van der Waals surface area contributed by atoms with E-state index in [4.69, 9.17) is 16.2 Å². The number of carbonyl (C=O) groups is 2. The molecule has 3 amide bonds. The molecule has 8 heteroatoms. The maximum atomic E-state index is 12.2. The lowest BCUT2D eigenvalue weighted by Gasteiger charge is -2.17. The molecule has 1 atom stereocenters. The smallest absolute Gasteiger partial charge is 0.312 e. The van der Waals surface area contributed by atoms with Crippen LogP contribution in [0, 0.1) is 0 Å². The number of nitrogens with two attached hydrogens (primary N) is 2. The van der Waals surface area contributed by atoms with Gasteiger partial charge in [0.1, 0.15) is 11.8 Å². The van der Waals surface area contributed by atoms with Gasteiger partial charge in [0.05, 0.1) is 12.8 Å². The van der Waals surface area contributed by atoms with Gasteiger partial charge in [-0.1, -0.05) is 19.8 Å². The van der Waals surface area contributed by atoms with E-state index in [1.807, 2.05) is 6.92 Å². The van der Waals surface area contributed by atoms with Gasteiger partial charge in [-0.15, -0.1) is 12.4 Å². The molecule has 0 fully saturated rings. The van der Waals surface area contributed by atoms with E-state index in [9.17, 15) is 9.59 Å². The quantitative estimate of drug-likeness (QED) is 0.570. The largest absolute Gasteiger partial charge is 0.495 e. The lowest BCUT2D eigenvalue weighted by molar-refractivity contribution is -0.118. The van der Waals surface area contributed by atoms with Crippen molar-refractivity contribution < 1.29 is 14.3 Å². The summed E-state index contributed by atoms with van der Waals surface area (Å²) >= 11 is 0. The molecule has 1 aromatic rings. The van der Waals surface area contributed by atoms with Crippen LogP contribution in [-0.4, -0.2) is 25.1 Å². The molecule has 1 unspecified atom stereocenters. The molecule has 7 nitrogen and oxygen atoms in total. The van der Waals surface area contributed by atoms with Gasteiger partial charge in [-0.05, 0) is 24.6 Å². The number of hydrogen-bond donors (Lipinski definition) is 4. The molecule has 6 N–H and O–H groups in total. The second-order valence-electron chi connectivity index (χ2n) is 4.65. The molecule has 0 bridgehead atoms. The number of urea groups is 1. The lowest BCUT2D eigenvalue weighted by atomic mass is 10.1. The van der Waals surface area contributed by atoms with Crippen molar-refractivity contribution >= 4 is 35.7 Å². The van der Waals surface area contributed by atoms with Gasteiger partial charge >= 0.3 is 6.03 Å². The van der Waals surface area contributed by atoms with Crippen LogP contribution < -0.4 is 26.8 Å². The number of unbranched alkanes of at least 4 members (excludes halogenated alkanes) is 1. The molecule has 0 aliphatic heterocycles. The van der Waals surface area contributed by atoms with Crippen LogP contribution >= 0.6 is 12.4 Å². The number of primary amides is 1. The average Bonchev–Trinajstić information content (AvgIpc) is 2.43. The first-order valence-electron chi connectivity index (χ1n) is 6.78. The number of anilines is 2. The standard InChI is InChI=1S/C14H22N4O3.ClH/c1-3-4-5-11(18-14(16)20)13(19)17-9-6-7-12(21-2)10(15)8-9;/h6-8,11H,3-5,15H2,1-2H3,(H,17,19)(H3,16,18,20);1H. The van der Waals surface area contributed by atoms with E-state index < -0.39 is 12.1 Å². The highest BCUT2D eigenvalue weighted by Gasteiger charge is 2.19. The van der Waals surface area contributed by atoms with E-state index in [1.54, 1.807) is 18.2 Å². The first-order valence-corrected chi connectivity index (χ1v) is 6.78. The maximum absolute atomic E-state index is 12.2. The summed E-state index contributed by atoms with van der Waals surface area (Å²) in [6.07, 6.45) is 2.25. The van der Waals surface area contributed by atoms with Gasteiger partial charge in [-0.25, -0.2) is 4.79 Å². The van der Waals surface area contributed by atoms with Crippen LogP contribution in [0.4, 0.5) is 16.2 Å². The summed E-state index contributed by atoms with van der Waals surface area (Å²) in [6, 6.07) is 3.55. The summed E-state index contributed by atoms with van der Waals surface area (Å²) in [5, 5.41) is 5.15. The Hall–Kier alpha value is -2.15. The lowest BCUT2D eigenvalue weighted by Crippen LogP contribution is -2.46. The summed E-state index contributed by atoms with van der Waals surface area (Å²) in [7, 11) is 1.52. The summed E-state index contributed by atoms with van der Waals surface area (Å²) < 4.78 is 5.05. The Labute approximate surface area is 136 Å². The van der Waals surface area contributed by atoms with Crippen LogP contribution in [0.25, 0.3) is 0 Å². The van der Waals surface area contributed by atoms with Crippen molar-refractivity contribution in [1.82, 2.24) is 5.32 Å². The van der Waals surface area contributed by atoms with Crippen molar-refractivity contribution in [3.8, 4) is 5.75 Å². The van der Waals surface area contributed by atoms with Crippen molar-refractivity contribution in [1.29, 1.82) is 0 Å². The average molecular weight is 331 g/mol. The molecule has 22 heavy (non-hydrogen) atoms. The number of rotatable bonds is 7. The fourth-order valence-corrected chi connectivity index (χ4v) is 1.89. The molecule has 0 heterocycles. The number of amides is 3. The fourth-order valence-electron chi connectivity index (χ4n) is 1.89. The van der Waals surface area contributed by atoms with Crippen molar-refractivity contribution in [2.45, 2.75) is 32.2 Å². The molecular weight excluding hydrogens is 308 g/mol. The zero-order valence-corrected chi connectivity index (χ0v) is 13.5. The van der Waals surface area contributed by atoms with Gasteiger partial charge in [0.15, 0.2) is 0 Å². The Morgan fingerprint density at radius 1 is 1.36 bits per heavy atom. The maximum Gasteiger partial charge on any atom is 0.312 e. The van der Waals surface area contributed by atoms with Crippen LogP contribution in [-0.2, 0) is 4.79 Å². The number of hydrogen-bond acceptors (Lipinski definition) is 4. The minimum Gasteiger partial charge on any atom is -0.495 e. The Balaban J connectivity index is 0.00000441. The third-order valence-electron chi connectivity index (χ3n) is 2.98. The molecule has 0 aliphatic rings. The zero-order chi connectivity index (χ0) is 15.8. The molecule has 0 spiro atoms. The first-order chi connectivity index (χ1) is 9.97. The summed E-state index contributed by atoms with van der Waals surface area (Å²) in [6.45, 7) is 2.00. The van der Waals surface area contributed by atoms with E-state index in [2.05, 4.69) is 10.6 Å². The van der Waals surface area contributed by atoms with Crippen LogP contribution in [0.3, 0.4) is 0 Å². The van der Waals surface area contributed by atoms with E-state index in [-0.39, 0.29) is 18.3 Å². The third-order valence-corrected chi connectivity index (χ3v) is 2.98. The second kappa shape index (κ2) is 9.73. The van der Waals surface area contributed by atoms with Gasteiger partial charge < -0.3 is 26.8 Å². The molecule has 0 aliphatic carbocycles. The van der Waals surface area contributed by atoms with Gasteiger partial charge in [0.25, 0.3) is 0 Å².